The van der Waals surface area contributed by atoms with Gasteiger partial charge in [0.2, 0.25) is 0 Å². The maximum absolute atomic E-state index is 9.68. The van der Waals surface area contributed by atoms with Gasteiger partial charge in [-0.3, -0.25) is 0 Å². The summed E-state index contributed by atoms with van der Waals surface area (Å²) < 4.78 is 0. The minimum Gasteiger partial charge on any atom is -0.387 e. The Kier molecular flexibility index (Phi) is 15.8. The van der Waals surface area contributed by atoms with E-state index in [1.807, 2.05) is 13.0 Å². The van der Waals surface area contributed by atoms with Crippen LogP contribution in [0.5, 0.6) is 0 Å². The predicted octanol–water partition coefficient (Wildman–Crippen LogP) is 5.34. The lowest BCUT2D eigenvalue weighted by Crippen LogP contribution is -2.32. The molecule has 126 valence electrons. The molecular weight excluding hydrogens is 258 g/mol. The lowest BCUT2D eigenvalue weighted by atomic mass is 10.0. The Balaban J connectivity index is 3.20. The molecule has 21 heavy (non-hydrogen) atoms. The molecule has 0 aliphatic rings. The molecule has 2 atom stereocenters. The van der Waals surface area contributed by atoms with Gasteiger partial charge >= 0.3 is 0 Å². The molecular formula is C19H39NO. The molecule has 0 fully saturated rings. The average Bonchev–Trinajstić information content (AvgIpc) is 2.50. The summed E-state index contributed by atoms with van der Waals surface area (Å²) in [6.45, 7) is 4.28. The predicted molar refractivity (Wildman–Crippen MR) is 94.5 cm³/mol. The monoisotopic (exact) mass is 297 g/mol. The van der Waals surface area contributed by atoms with Gasteiger partial charge in [-0.2, -0.15) is 0 Å². The summed E-state index contributed by atoms with van der Waals surface area (Å²) in [7, 11) is 0. The average molecular weight is 298 g/mol. The summed E-state index contributed by atoms with van der Waals surface area (Å²) in [4.78, 5) is 0. The van der Waals surface area contributed by atoms with E-state index >= 15 is 0 Å². The first-order valence-electron chi connectivity index (χ1n) is 9.32. The van der Waals surface area contributed by atoms with E-state index in [0.717, 1.165) is 12.8 Å². The third-order valence-corrected chi connectivity index (χ3v) is 4.22. The molecule has 0 bridgehead atoms. The first kappa shape index (κ1) is 20.7. The minimum atomic E-state index is -0.470. The Labute approximate surface area is 133 Å². The standard InChI is InChI=1S/C19H39NO/c1-3-5-6-7-8-9-10-11-12-13-14-15-16-17-19(21)18(20)4-2/h16-19,21H,3-15,20H2,1-2H3. The molecule has 2 heteroatoms. The van der Waals surface area contributed by atoms with Crippen LogP contribution < -0.4 is 5.73 Å². The maximum atomic E-state index is 9.68. The lowest BCUT2D eigenvalue weighted by molar-refractivity contribution is 0.188. The summed E-state index contributed by atoms with van der Waals surface area (Å²) in [5.41, 5.74) is 5.76. The molecule has 0 radical (unpaired) electrons. The number of aliphatic hydroxyl groups excluding tert-OH is 1. The number of hydrogen-bond acceptors (Lipinski definition) is 2. The zero-order chi connectivity index (χ0) is 15.8. The van der Waals surface area contributed by atoms with Crippen LogP contribution >= 0.6 is 0 Å². The molecule has 0 aromatic rings. The van der Waals surface area contributed by atoms with Crippen molar-refractivity contribution < 1.29 is 5.11 Å². The summed E-state index contributed by atoms with van der Waals surface area (Å²) in [5.74, 6) is 0. The normalized spacial score (nSPS) is 14.7. The van der Waals surface area contributed by atoms with Crippen LogP contribution in [0.25, 0.3) is 0 Å². The van der Waals surface area contributed by atoms with Gasteiger partial charge in [-0.1, -0.05) is 90.2 Å². The fourth-order valence-electron chi connectivity index (χ4n) is 2.55. The number of rotatable bonds is 15. The van der Waals surface area contributed by atoms with Gasteiger partial charge in [0.25, 0.3) is 0 Å². The van der Waals surface area contributed by atoms with Crippen LogP contribution in [0.2, 0.25) is 0 Å². The number of unbranched alkanes of at least 4 members (excludes halogenated alkanes) is 11. The molecule has 0 aromatic carbocycles. The molecule has 0 aliphatic heterocycles. The van der Waals surface area contributed by atoms with E-state index in [1.165, 1.54) is 70.6 Å². The van der Waals surface area contributed by atoms with Crippen LogP contribution in [-0.4, -0.2) is 17.3 Å². The summed E-state index contributed by atoms with van der Waals surface area (Å²) in [6.07, 6.45) is 20.6. The van der Waals surface area contributed by atoms with Crippen molar-refractivity contribution >= 4 is 0 Å². The second-order valence-corrected chi connectivity index (χ2v) is 6.32. The smallest absolute Gasteiger partial charge is 0.0871 e. The second kappa shape index (κ2) is 16.0. The molecule has 0 rings (SSSR count). The summed E-state index contributed by atoms with van der Waals surface area (Å²) in [6, 6.07) is -0.112. The Morgan fingerprint density at radius 3 is 1.76 bits per heavy atom. The van der Waals surface area contributed by atoms with Crippen LogP contribution in [-0.2, 0) is 0 Å². The van der Waals surface area contributed by atoms with Crippen molar-refractivity contribution in [1.29, 1.82) is 0 Å². The fraction of sp³-hybridized carbons (Fsp3) is 0.895. The van der Waals surface area contributed by atoms with Gasteiger partial charge in [-0.25, -0.2) is 0 Å². The van der Waals surface area contributed by atoms with Crippen molar-refractivity contribution in [1.82, 2.24) is 0 Å². The quantitative estimate of drug-likeness (QED) is 0.316. The molecule has 2 unspecified atom stereocenters. The van der Waals surface area contributed by atoms with Gasteiger partial charge in [-0.15, -0.1) is 0 Å². The highest BCUT2D eigenvalue weighted by Gasteiger charge is 2.07. The fourth-order valence-corrected chi connectivity index (χ4v) is 2.55. The Morgan fingerprint density at radius 1 is 0.810 bits per heavy atom. The minimum absolute atomic E-state index is 0.112. The third-order valence-electron chi connectivity index (χ3n) is 4.22. The molecule has 3 N–H and O–H groups in total. The number of nitrogens with two attached hydrogens (primary N) is 1. The number of hydrogen-bond donors (Lipinski definition) is 2. The van der Waals surface area contributed by atoms with E-state index in [9.17, 15) is 5.11 Å². The molecule has 2 nitrogen and oxygen atoms in total. The van der Waals surface area contributed by atoms with E-state index in [0.29, 0.717) is 0 Å². The number of allylic oxidation sites excluding steroid dienone is 1. The van der Waals surface area contributed by atoms with Crippen molar-refractivity contribution in [2.45, 2.75) is 109 Å². The highest BCUT2D eigenvalue weighted by molar-refractivity contribution is 4.93. The van der Waals surface area contributed by atoms with Crippen LogP contribution in [0, 0.1) is 0 Å². The zero-order valence-electron chi connectivity index (χ0n) is 14.5. The molecule has 0 saturated heterocycles. The first-order chi connectivity index (χ1) is 10.2. The largest absolute Gasteiger partial charge is 0.387 e. The SMILES string of the molecule is CCCCCCCCCCCCCC=CC(O)C(N)CC. The van der Waals surface area contributed by atoms with Crippen LogP contribution in [0.3, 0.4) is 0 Å². The Morgan fingerprint density at radius 2 is 1.29 bits per heavy atom. The zero-order valence-corrected chi connectivity index (χ0v) is 14.5. The summed E-state index contributed by atoms with van der Waals surface area (Å²) >= 11 is 0. The van der Waals surface area contributed by atoms with Gasteiger partial charge in [-0.05, 0) is 19.3 Å². The van der Waals surface area contributed by atoms with E-state index in [1.54, 1.807) is 0 Å². The van der Waals surface area contributed by atoms with E-state index < -0.39 is 6.10 Å². The van der Waals surface area contributed by atoms with Gasteiger partial charge in [0.15, 0.2) is 0 Å². The van der Waals surface area contributed by atoms with Crippen molar-refractivity contribution in [3.05, 3.63) is 12.2 Å². The van der Waals surface area contributed by atoms with E-state index in [2.05, 4.69) is 13.0 Å². The molecule has 0 saturated carbocycles. The van der Waals surface area contributed by atoms with Crippen molar-refractivity contribution in [3.8, 4) is 0 Å². The Hall–Kier alpha value is -0.340. The summed E-state index contributed by atoms with van der Waals surface area (Å²) in [5, 5.41) is 9.68. The highest BCUT2D eigenvalue weighted by Crippen LogP contribution is 2.12. The van der Waals surface area contributed by atoms with Gasteiger partial charge in [0, 0.05) is 6.04 Å². The highest BCUT2D eigenvalue weighted by atomic mass is 16.3. The third kappa shape index (κ3) is 14.4. The molecule has 0 aromatic heterocycles. The van der Waals surface area contributed by atoms with Crippen molar-refractivity contribution in [2.24, 2.45) is 5.73 Å². The lowest BCUT2D eigenvalue weighted by Gasteiger charge is -2.12. The molecule has 0 heterocycles. The van der Waals surface area contributed by atoms with Gasteiger partial charge < -0.3 is 10.8 Å². The van der Waals surface area contributed by atoms with Crippen molar-refractivity contribution in [3.63, 3.8) is 0 Å². The number of aliphatic hydroxyl groups is 1. The van der Waals surface area contributed by atoms with Crippen LogP contribution in [0.1, 0.15) is 97.3 Å². The maximum Gasteiger partial charge on any atom is 0.0871 e. The molecule has 0 amide bonds. The second-order valence-electron chi connectivity index (χ2n) is 6.32. The molecule has 0 aliphatic carbocycles. The van der Waals surface area contributed by atoms with E-state index in [-0.39, 0.29) is 6.04 Å². The van der Waals surface area contributed by atoms with Crippen LogP contribution in [0.4, 0.5) is 0 Å². The first-order valence-corrected chi connectivity index (χ1v) is 9.32. The Bertz CT molecular complexity index is 228. The van der Waals surface area contributed by atoms with Gasteiger partial charge in [0.1, 0.15) is 0 Å². The van der Waals surface area contributed by atoms with E-state index in [4.69, 9.17) is 5.73 Å². The van der Waals surface area contributed by atoms with Gasteiger partial charge in [0.05, 0.1) is 6.10 Å². The molecule has 0 spiro atoms. The topological polar surface area (TPSA) is 46.2 Å². The van der Waals surface area contributed by atoms with Crippen molar-refractivity contribution in [2.75, 3.05) is 0 Å². The van der Waals surface area contributed by atoms with Crippen LogP contribution in [0.15, 0.2) is 12.2 Å².